The number of hydrogen-bond acceptors (Lipinski definition) is 1. The van der Waals surface area contributed by atoms with Crippen molar-refractivity contribution in [1.29, 1.82) is 0 Å². The molecule has 2 atom stereocenters. The van der Waals surface area contributed by atoms with Crippen LogP contribution in [0.3, 0.4) is 0 Å². The minimum Gasteiger partial charge on any atom is -0.346 e. The van der Waals surface area contributed by atoms with E-state index in [2.05, 4.69) is 29.6 Å². The lowest BCUT2D eigenvalue weighted by Crippen LogP contribution is -2.31. The fraction of sp³-hybridized carbons (Fsp3) is 0.444. The third kappa shape index (κ3) is 0.595. The standard InChI is InChI=1S/C9H9NO/c11-9-8-6-3-1-5(10-9)2-4-7(6)8/h1-8H,(H,10,11)/t5?,6-,7-,8?/m0/s1. The van der Waals surface area contributed by atoms with E-state index in [4.69, 9.17) is 0 Å². The third-order valence-corrected chi connectivity index (χ3v) is 2.83. The lowest BCUT2D eigenvalue weighted by Gasteiger charge is -2.05. The maximum atomic E-state index is 11.3. The second kappa shape index (κ2) is 1.58. The molecular weight excluding hydrogens is 138 g/mol. The van der Waals surface area contributed by atoms with Gasteiger partial charge in [-0.25, -0.2) is 0 Å². The quantitative estimate of drug-likeness (QED) is 0.496. The average molecular weight is 147 g/mol. The van der Waals surface area contributed by atoms with Gasteiger partial charge in [0.15, 0.2) is 0 Å². The van der Waals surface area contributed by atoms with Gasteiger partial charge in [-0.3, -0.25) is 4.79 Å². The first-order valence-corrected chi connectivity index (χ1v) is 4.03. The molecule has 0 saturated heterocycles. The number of allylic oxidation sites excluding steroid dienone is 2. The van der Waals surface area contributed by atoms with Crippen LogP contribution >= 0.6 is 0 Å². The number of carbonyl (C=O) groups excluding carboxylic acids is 1. The summed E-state index contributed by atoms with van der Waals surface area (Å²) in [5.74, 6) is 1.52. The number of amides is 1. The maximum Gasteiger partial charge on any atom is 0.225 e. The van der Waals surface area contributed by atoms with Crippen molar-refractivity contribution in [1.82, 2.24) is 5.32 Å². The summed E-state index contributed by atoms with van der Waals surface area (Å²) in [6.45, 7) is 0. The average Bonchev–Trinajstić information content (AvgIpc) is 2.64. The number of nitrogens with one attached hydrogen (secondary N) is 1. The molecule has 2 aliphatic heterocycles. The molecule has 1 saturated carbocycles. The highest BCUT2D eigenvalue weighted by Gasteiger charge is 2.53. The lowest BCUT2D eigenvalue weighted by atomic mass is 10.2. The Balaban J connectivity index is 2.11. The normalized spacial score (nSPS) is 50.0. The van der Waals surface area contributed by atoms with E-state index in [0.29, 0.717) is 11.8 Å². The topological polar surface area (TPSA) is 29.1 Å². The number of rotatable bonds is 0. The first kappa shape index (κ1) is 5.58. The van der Waals surface area contributed by atoms with E-state index in [-0.39, 0.29) is 17.9 Å². The minimum atomic E-state index is 0.169. The van der Waals surface area contributed by atoms with Crippen molar-refractivity contribution in [3.63, 3.8) is 0 Å². The molecule has 2 nitrogen and oxygen atoms in total. The smallest absolute Gasteiger partial charge is 0.225 e. The van der Waals surface area contributed by atoms with Crippen molar-refractivity contribution in [3.8, 4) is 0 Å². The zero-order valence-electron chi connectivity index (χ0n) is 6.03. The van der Waals surface area contributed by atoms with E-state index in [1.807, 2.05) is 0 Å². The van der Waals surface area contributed by atoms with Gasteiger partial charge in [-0.05, 0) is 11.8 Å². The Morgan fingerprint density at radius 1 is 1.09 bits per heavy atom. The monoisotopic (exact) mass is 147 g/mol. The fourth-order valence-electron chi connectivity index (χ4n) is 2.12. The maximum absolute atomic E-state index is 11.3. The molecule has 2 aliphatic carbocycles. The van der Waals surface area contributed by atoms with Crippen LogP contribution in [-0.2, 0) is 4.79 Å². The second-order valence-corrected chi connectivity index (χ2v) is 3.48. The number of fused-ring (bicyclic) bond motifs is 1. The predicted octanol–water partition coefficient (Wildman–Crippen LogP) is 0.473. The SMILES string of the molecule is O=C1NC2C=C[C@@H]3C1[C@H]3C=C2. The summed E-state index contributed by atoms with van der Waals surface area (Å²) < 4.78 is 0. The summed E-state index contributed by atoms with van der Waals surface area (Å²) in [6, 6.07) is 0.169. The lowest BCUT2D eigenvalue weighted by molar-refractivity contribution is -0.122. The van der Waals surface area contributed by atoms with Crippen LogP contribution in [0.5, 0.6) is 0 Å². The van der Waals surface area contributed by atoms with Gasteiger partial charge in [0.25, 0.3) is 0 Å². The molecule has 4 bridgehead atoms. The van der Waals surface area contributed by atoms with Gasteiger partial charge >= 0.3 is 0 Å². The van der Waals surface area contributed by atoms with Crippen LogP contribution in [0.15, 0.2) is 24.3 Å². The fourth-order valence-corrected chi connectivity index (χ4v) is 2.12. The van der Waals surface area contributed by atoms with E-state index in [1.165, 1.54) is 0 Å². The Bertz CT molecular complexity index is 259. The Morgan fingerprint density at radius 3 is 2.36 bits per heavy atom. The van der Waals surface area contributed by atoms with Crippen molar-refractivity contribution >= 4 is 5.91 Å². The highest BCUT2D eigenvalue weighted by Crippen LogP contribution is 2.51. The molecule has 56 valence electrons. The summed E-state index contributed by atoms with van der Waals surface area (Å²) in [5.41, 5.74) is 0. The molecule has 0 aromatic rings. The molecular formula is C9H9NO. The van der Waals surface area contributed by atoms with Crippen LogP contribution in [0.1, 0.15) is 0 Å². The van der Waals surface area contributed by atoms with Gasteiger partial charge in [-0.2, -0.15) is 0 Å². The van der Waals surface area contributed by atoms with E-state index in [0.717, 1.165) is 0 Å². The summed E-state index contributed by atoms with van der Waals surface area (Å²) in [6.07, 6.45) is 8.54. The highest BCUT2D eigenvalue weighted by atomic mass is 16.2. The van der Waals surface area contributed by atoms with E-state index < -0.39 is 0 Å². The van der Waals surface area contributed by atoms with Gasteiger partial charge in [-0.1, -0.05) is 24.3 Å². The Kier molecular flexibility index (Phi) is 0.799. The van der Waals surface area contributed by atoms with Gasteiger partial charge in [0, 0.05) is 0 Å². The molecule has 1 N–H and O–H groups in total. The molecule has 1 fully saturated rings. The van der Waals surface area contributed by atoms with Crippen molar-refractivity contribution in [2.45, 2.75) is 6.04 Å². The summed E-state index contributed by atoms with van der Waals surface area (Å²) in [4.78, 5) is 11.3. The van der Waals surface area contributed by atoms with Gasteiger partial charge in [0.05, 0.1) is 12.0 Å². The van der Waals surface area contributed by atoms with Crippen molar-refractivity contribution < 1.29 is 4.79 Å². The largest absolute Gasteiger partial charge is 0.346 e. The van der Waals surface area contributed by atoms with Crippen LogP contribution in [0.2, 0.25) is 0 Å². The molecule has 1 amide bonds. The van der Waals surface area contributed by atoms with Crippen molar-refractivity contribution in [3.05, 3.63) is 24.3 Å². The molecule has 4 aliphatic rings. The Morgan fingerprint density at radius 2 is 1.73 bits per heavy atom. The molecule has 0 radical (unpaired) electrons. The molecule has 0 unspecified atom stereocenters. The van der Waals surface area contributed by atoms with Gasteiger partial charge in [0.2, 0.25) is 5.91 Å². The van der Waals surface area contributed by atoms with E-state index >= 15 is 0 Å². The van der Waals surface area contributed by atoms with Crippen molar-refractivity contribution in [2.24, 2.45) is 17.8 Å². The molecule has 0 aromatic carbocycles. The number of hydrogen-bond donors (Lipinski definition) is 1. The predicted molar refractivity (Wildman–Crippen MR) is 40.7 cm³/mol. The first-order valence-electron chi connectivity index (χ1n) is 4.03. The zero-order valence-corrected chi connectivity index (χ0v) is 6.03. The van der Waals surface area contributed by atoms with Crippen molar-refractivity contribution in [2.75, 3.05) is 0 Å². The van der Waals surface area contributed by atoms with Crippen LogP contribution < -0.4 is 5.32 Å². The molecule has 2 heterocycles. The van der Waals surface area contributed by atoms with E-state index in [1.54, 1.807) is 0 Å². The Labute approximate surface area is 65.0 Å². The van der Waals surface area contributed by atoms with Gasteiger partial charge in [-0.15, -0.1) is 0 Å². The highest BCUT2D eigenvalue weighted by molar-refractivity contribution is 5.85. The summed E-state index contributed by atoms with van der Waals surface area (Å²) >= 11 is 0. The van der Waals surface area contributed by atoms with Crippen LogP contribution in [0, 0.1) is 17.8 Å². The molecule has 4 rings (SSSR count). The van der Waals surface area contributed by atoms with Crippen LogP contribution in [-0.4, -0.2) is 11.9 Å². The molecule has 0 spiro atoms. The third-order valence-electron chi connectivity index (χ3n) is 2.83. The molecule has 0 aromatic heterocycles. The number of carbonyl (C=O) groups is 1. The summed E-state index contributed by atoms with van der Waals surface area (Å²) in [5, 5.41) is 2.95. The second-order valence-electron chi connectivity index (χ2n) is 3.48. The summed E-state index contributed by atoms with van der Waals surface area (Å²) in [7, 11) is 0. The minimum absolute atomic E-state index is 0.169. The zero-order chi connectivity index (χ0) is 7.42. The molecule has 11 heavy (non-hydrogen) atoms. The van der Waals surface area contributed by atoms with Crippen LogP contribution in [0.25, 0.3) is 0 Å². The Hall–Kier alpha value is -1.05. The van der Waals surface area contributed by atoms with Crippen LogP contribution in [0.4, 0.5) is 0 Å². The van der Waals surface area contributed by atoms with E-state index in [9.17, 15) is 4.79 Å². The first-order chi connectivity index (χ1) is 5.36. The molecule has 2 heteroatoms. The van der Waals surface area contributed by atoms with Gasteiger partial charge < -0.3 is 5.32 Å². The van der Waals surface area contributed by atoms with Gasteiger partial charge in [0.1, 0.15) is 0 Å².